The minimum absolute atomic E-state index is 0.127. The van der Waals surface area contributed by atoms with Gasteiger partial charge in [0.1, 0.15) is 5.76 Å². The van der Waals surface area contributed by atoms with E-state index >= 15 is 0 Å². The van der Waals surface area contributed by atoms with Gasteiger partial charge in [0.15, 0.2) is 6.54 Å². The van der Waals surface area contributed by atoms with Crippen LogP contribution in [0.15, 0.2) is 108 Å². The third kappa shape index (κ3) is 14.4. The zero-order chi connectivity index (χ0) is 51.5. The molecule has 2 unspecified atom stereocenters. The maximum atomic E-state index is 14.9. The van der Waals surface area contributed by atoms with Crippen molar-refractivity contribution in [2.24, 2.45) is 11.8 Å². The maximum Gasteiger partial charge on any atom is 0.321 e. The van der Waals surface area contributed by atoms with E-state index in [9.17, 15) is 19.5 Å². The first kappa shape index (κ1) is 56.0. The second-order valence-corrected chi connectivity index (χ2v) is 19.3. The third-order valence-electron chi connectivity index (χ3n) is 14.5. The highest BCUT2D eigenvalue weighted by molar-refractivity contribution is 6.40. The standard InChI is InChI=1S/C61H86N6O4/c1-11-21-25-45(16-6)43-67(49-34-30-47(31-35-49)27-23-13-3)51-37-39-53(55(41-51)63-61(71)65(19-9)20-10)57-58(68)56(59(57)69)52-38-36-50(40-54(52)62-60(70)64(17-7)18-8)66(42-44(15-5)24-14-4)48-32-28-46(29-33-48)26-22-12-2/h28-41,44-45H,11-27,42-43H2,1-10H3,(H2,62,63,68,69,70,71)/p+1. The SMILES string of the molecule is CCCCc1ccc(N(CC(CC)CCC)c2ccc(C3=C(O)C(=C4C=CC(=[N+](CC(CC)CCCC)c5ccc(CCCC)cc5)C=C4NC(=O)N(CC)CC)C3=O)c(NC(=O)N(CC)CC)c2)cc1. The number of benzene rings is 3. The number of aliphatic hydroxyl groups is 1. The number of amides is 4. The molecule has 4 amide bonds. The number of anilines is 3. The first-order chi connectivity index (χ1) is 34.4. The van der Waals surface area contributed by atoms with Crippen molar-refractivity contribution in [1.82, 2.24) is 15.1 Å². The van der Waals surface area contributed by atoms with Crippen molar-refractivity contribution in [2.45, 2.75) is 153 Å². The summed E-state index contributed by atoms with van der Waals surface area (Å²) in [6, 6.07) is 22.9. The lowest BCUT2D eigenvalue weighted by molar-refractivity contribution is -0.448. The van der Waals surface area contributed by atoms with Crippen LogP contribution in [0.4, 0.5) is 32.3 Å². The van der Waals surface area contributed by atoms with E-state index in [4.69, 9.17) is 0 Å². The predicted octanol–water partition coefficient (Wildman–Crippen LogP) is 14.9. The number of carbonyl (C=O) groups excluding carboxylic acids is 3. The van der Waals surface area contributed by atoms with E-state index in [2.05, 4.69) is 110 Å². The molecule has 3 aromatic rings. The molecule has 0 heterocycles. The van der Waals surface area contributed by atoms with Gasteiger partial charge in [-0.2, -0.15) is 4.58 Å². The molecule has 0 saturated heterocycles. The van der Waals surface area contributed by atoms with Crippen LogP contribution in [0.1, 0.15) is 157 Å². The number of unbranched alkanes of at least 4 members (excludes halogenated alkanes) is 3. The largest absolute Gasteiger partial charge is 0.506 e. The summed E-state index contributed by atoms with van der Waals surface area (Å²) in [4.78, 5) is 48.4. The van der Waals surface area contributed by atoms with E-state index in [0.717, 1.165) is 119 Å². The minimum Gasteiger partial charge on any atom is -0.506 e. The second-order valence-electron chi connectivity index (χ2n) is 19.3. The van der Waals surface area contributed by atoms with Gasteiger partial charge in [0, 0.05) is 85.4 Å². The van der Waals surface area contributed by atoms with Gasteiger partial charge >= 0.3 is 12.1 Å². The molecule has 0 aromatic heterocycles. The maximum absolute atomic E-state index is 14.9. The zero-order valence-corrected chi connectivity index (χ0v) is 45.1. The van der Waals surface area contributed by atoms with E-state index in [1.165, 1.54) is 11.1 Å². The smallest absolute Gasteiger partial charge is 0.321 e. The first-order valence-electron chi connectivity index (χ1n) is 27.4. The lowest BCUT2D eigenvalue weighted by Gasteiger charge is -2.32. The molecule has 71 heavy (non-hydrogen) atoms. The lowest BCUT2D eigenvalue weighted by atomic mass is 9.78. The molecule has 0 bridgehead atoms. The zero-order valence-electron chi connectivity index (χ0n) is 45.1. The Hall–Kier alpha value is -5.90. The Morgan fingerprint density at radius 2 is 1.18 bits per heavy atom. The van der Waals surface area contributed by atoms with Crippen LogP contribution >= 0.6 is 0 Å². The summed E-state index contributed by atoms with van der Waals surface area (Å²) >= 11 is 0. The Morgan fingerprint density at radius 1 is 0.620 bits per heavy atom. The van der Waals surface area contributed by atoms with Gasteiger partial charge in [-0.05, 0) is 126 Å². The molecule has 5 rings (SSSR count). The number of urea groups is 2. The first-order valence-corrected chi connectivity index (χ1v) is 27.4. The Morgan fingerprint density at radius 3 is 1.72 bits per heavy atom. The van der Waals surface area contributed by atoms with Crippen LogP contribution in [0.3, 0.4) is 0 Å². The molecule has 0 aliphatic heterocycles. The molecule has 2 atom stereocenters. The van der Waals surface area contributed by atoms with Crippen LogP contribution in [-0.2, 0) is 17.6 Å². The van der Waals surface area contributed by atoms with E-state index in [1.54, 1.807) is 9.80 Å². The number of hydrogen-bond acceptors (Lipinski definition) is 5. The van der Waals surface area contributed by atoms with Crippen molar-refractivity contribution in [1.29, 1.82) is 0 Å². The molecule has 0 saturated carbocycles. The summed E-state index contributed by atoms with van der Waals surface area (Å²) in [5.74, 6) is 0.338. The number of nitrogens with one attached hydrogen (secondary N) is 2. The molecular weight excluding hydrogens is 881 g/mol. The Labute approximate surface area is 427 Å². The Bertz CT molecular complexity index is 2400. The van der Waals surface area contributed by atoms with Crippen molar-refractivity contribution < 1.29 is 24.1 Å². The molecule has 10 heteroatoms. The van der Waals surface area contributed by atoms with Crippen LogP contribution < -0.4 is 15.5 Å². The molecule has 384 valence electrons. The molecule has 3 aromatic carbocycles. The lowest BCUT2D eigenvalue weighted by Crippen LogP contribution is -2.40. The van der Waals surface area contributed by atoms with Gasteiger partial charge in [-0.25, -0.2) is 9.59 Å². The molecule has 3 N–H and O–H groups in total. The van der Waals surface area contributed by atoms with Gasteiger partial charge in [0.05, 0.1) is 22.5 Å². The van der Waals surface area contributed by atoms with E-state index < -0.39 is 0 Å². The minimum atomic E-state index is -0.363. The highest BCUT2D eigenvalue weighted by atomic mass is 16.3. The molecular formula is C61H87N6O4+. The fourth-order valence-corrected chi connectivity index (χ4v) is 9.79. The predicted molar refractivity (Wildman–Crippen MR) is 298 cm³/mol. The summed E-state index contributed by atoms with van der Waals surface area (Å²) in [5.41, 5.74) is 8.52. The summed E-state index contributed by atoms with van der Waals surface area (Å²) < 4.78 is 2.33. The summed E-state index contributed by atoms with van der Waals surface area (Å²) in [6.07, 6.45) is 20.0. The van der Waals surface area contributed by atoms with Gasteiger partial charge in [0.2, 0.25) is 17.2 Å². The topological polar surface area (TPSA) is 108 Å². The molecule has 0 radical (unpaired) electrons. The van der Waals surface area contributed by atoms with Crippen molar-refractivity contribution in [3.8, 4) is 0 Å². The molecule has 2 aliphatic rings. The number of aliphatic hydroxyl groups excluding tert-OH is 1. The van der Waals surface area contributed by atoms with E-state index in [-0.39, 0.29) is 34.8 Å². The fourth-order valence-electron chi connectivity index (χ4n) is 9.79. The third-order valence-corrected chi connectivity index (χ3v) is 14.5. The van der Waals surface area contributed by atoms with Gasteiger partial charge in [-0.3, -0.25) is 4.79 Å². The molecule has 0 fully saturated rings. The number of allylic oxidation sites excluding steroid dienone is 5. The van der Waals surface area contributed by atoms with Crippen molar-refractivity contribution in [3.63, 3.8) is 0 Å². The van der Waals surface area contributed by atoms with Gasteiger partial charge < -0.3 is 30.4 Å². The average Bonchev–Trinajstić information content (AvgIpc) is 3.38. The van der Waals surface area contributed by atoms with Crippen LogP contribution in [0.25, 0.3) is 5.57 Å². The summed E-state index contributed by atoms with van der Waals surface area (Å²) in [6.45, 7) is 24.7. The molecule has 10 nitrogen and oxygen atoms in total. The molecule has 0 spiro atoms. The summed E-state index contributed by atoms with van der Waals surface area (Å²) in [5, 5.41) is 18.6. The van der Waals surface area contributed by atoms with Gasteiger partial charge in [-0.15, -0.1) is 0 Å². The summed E-state index contributed by atoms with van der Waals surface area (Å²) in [7, 11) is 0. The number of carbonyl (C=O) groups is 3. The highest BCUT2D eigenvalue weighted by Gasteiger charge is 2.40. The van der Waals surface area contributed by atoms with Crippen LogP contribution in [0.5, 0.6) is 0 Å². The number of hydrogen-bond donors (Lipinski definition) is 3. The fraction of sp³-hybridized carbons (Fsp3) is 0.508. The van der Waals surface area contributed by atoms with Crippen molar-refractivity contribution >= 4 is 51.9 Å². The van der Waals surface area contributed by atoms with Crippen molar-refractivity contribution in [2.75, 3.05) is 49.5 Å². The Kier molecular flexibility index (Phi) is 22.3. The number of rotatable bonds is 27. The van der Waals surface area contributed by atoms with E-state index in [1.807, 2.05) is 64.1 Å². The van der Waals surface area contributed by atoms with Gasteiger partial charge in [-0.1, -0.05) is 104 Å². The number of ketones is 1. The molecule has 2 aliphatic carbocycles. The number of nitrogens with zero attached hydrogens (tertiary/aromatic N) is 4. The van der Waals surface area contributed by atoms with E-state index in [0.29, 0.717) is 60.5 Å². The number of aryl methyl sites for hydroxylation is 2. The Balaban J connectivity index is 1.69. The van der Waals surface area contributed by atoms with Crippen molar-refractivity contribution in [3.05, 3.63) is 124 Å². The second kappa shape index (κ2) is 28.2. The van der Waals surface area contributed by atoms with Crippen LogP contribution in [0, 0.1) is 11.8 Å². The normalized spacial score (nSPS) is 16.0. The average molecular weight is 968 g/mol. The highest BCUT2D eigenvalue weighted by Crippen LogP contribution is 2.44. The van der Waals surface area contributed by atoms with Crippen LogP contribution in [0.2, 0.25) is 0 Å². The number of Topliss-reactive ketones (excluding diaryl/α,β-unsaturated/α-hetero) is 1. The monoisotopic (exact) mass is 968 g/mol. The van der Waals surface area contributed by atoms with Gasteiger partial charge in [0.25, 0.3) is 0 Å². The van der Waals surface area contributed by atoms with Crippen LogP contribution in [-0.4, -0.2) is 82.3 Å². The quantitative estimate of drug-likeness (QED) is 0.0521.